The van der Waals surface area contributed by atoms with E-state index in [1.165, 1.54) is 6.07 Å². The third-order valence-corrected chi connectivity index (χ3v) is 3.00. The van der Waals surface area contributed by atoms with Crippen molar-refractivity contribution in [2.45, 2.75) is 18.9 Å². The molecule has 3 heteroatoms. The quantitative estimate of drug-likeness (QED) is 0.725. The van der Waals surface area contributed by atoms with Crippen molar-refractivity contribution in [1.29, 1.82) is 0 Å². The molecule has 1 aliphatic rings. The summed E-state index contributed by atoms with van der Waals surface area (Å²) in [6, 6.07) is 7.28. The molecule has 2 nitrogen and oxygen atoms in total. The van der Waals surface area contributed by atoms with Gasteiger partial charge in [-0.2, -0.15) is 0 Å². The van der Waals surface area contributed by atoms with Gasteiger partial charge in [0, 0.05) is 31.9 Å². The highest BCUT2D eigenvalue weighted by Gasteiger charge is 2.18. The lowest BCUT2D eigenvalue weighted by molar-refractivity contribution is 0.437. The van der Waals surface area contributed by atoms with Crippen molar-refractivity contribution >= 4 is 5.69 Å². The second-order valence-corrected chi connectivity index (χ2v) is 3.99. The molecule has 15 heavy (non-hydrogen) atoms. The molecule has 1 aliphatic heterocycles. The summed E-state index contributed by atoms with van der Waals surface area (Å²) in [7, 11) is 2.03. The average molecular weight is 207 g/mol. The first-order chi connectivity index (χ1) is 7.27. The first kappa shape index (κ1) is 10.4. The van der Waals surface area contributed by atoms with Gasteiger partial charge in [-0.3, -0.25) is 0 Å². The van der Waals surface area contributed by atoms with Gasteiger partial charge in [0.15, 0.2) is 0 Å². The van der Waals surface area contributed by atoms with E-state index in [2.05, 4.69) is 10.2 Å². The van der Waals surface area contributed by atoms with E-state index < -0.39 is 0 Å². The summed E-state index contributed by atoms with van der Waals surface area (Å²) in [5, 5.41) is 4.32. The fourth-order valence-corrected chi connectivity index (χ4v) is 2.03. The molecule has 81 valence electrons. The predicted molar refractivity (Wildman–Crippen MR) is 59.7 cm³/mol. The largest absolute Gasteiger partial charge is 0.371 e. The number of piperidine rings is 1. The van der Waals surface area contributed by atoms with Crippen LogP contribution < -0.4 is 10.2 Å². The van der Waals surface area contributed by atoms with Crippen molar-refractivity contribution in [2.75, 3.05) is 25.0 Å². The van der Waals surface area contributed by atoms with E-state index in [0.717, 1.165) is 31.6 Å². The standard InChI is InChI=1S/C12H16FN2/c1-15(11-5-7-14-8-6-11)12-4-2-3-10(13)9-12/h2-4,9,11H,5-8H2,1H3. The Morgan fingerprint density at radius 3 is 2.73 bits per heavy atom. The minimum Gasteiger partial charge on any atom is -0.371 e. The Morgan fingerprint density at radius 1 is 1.33 bits per heavy atom. The highest BCUT2D eigenvalue weighted by molar-refractivity contribution is 5.46. The summed E-state index contributed by atoms with van der Waals surface area (Å²) in [4.78, 5) is 2.16. The summed E-state index contributed by atoms with van der Waals surface area (Å²) in [5.41, 5.74) is 0.960. The maximum atomic E-state index is 13.0. The monoisotopic (exact) mass is 207 g/mol. The van der Waals surface area contributed by atoms with E-state index >= 15 is 0 Å². The van der Waals surface area contributed by atoms with Crippen LogP contribution in [0.5, 0.6) is 0 Å². The molecule has 0 atom stereocenters. The van der Waals surface area contributed by atoms with E-state index in [-0.39, 0.29) is 5.82 Å². The minimum absolute atomic E-state index is 0.167. The van der Waals surface area contributed by atoms with Crippen LogP contribution in [0.3, 0.4) is 0 Å². The Morgan fingerprint density at radius 2 is 2.07 bits per heavy atom. The predicted octanol–water partition coefficient (Wildman–Crippen LogP) is 2.03. The van der Waals surface area contributed by atoms with E-state index in [4.69, 9.17) is 0 Å². The van der Waals surface area contributed by atoms with Gasteiger partial charge in [0.25, 0.3) is 0 Å². The zero-order valence-electron chi connectivity index (χ0n) is 8.99. The van der Waals surface area contributed by atoms with E-state index in [0.29, 0.717) is 6.04 Å². The number of nitrogens with zero attached hydrogens (tertiary/aromatic N) is 2. The highest BCUT2D eigenvalue weighted by atomic mass is 19.1. The number of halogens is 1. The third-order valence-electron chi connectivity index (χ3n) is 3.00. The first-order valence-electron chi connectivity index (χ1n) is 5.39. The molecule has 1 radical (unpaired) electrons. The molecule has 0 amide bonds. The summed E-state index contributed by atoms with van der Waals surface area (Å²) in [6.45, 7) is 1.87. The van der Waals surface area contributed by atoms with Gasteiger partial charge in [-0.05, 0) is 31.0 Å². The van der Waals surface area contributed by atoms with Crippen LogP contribution in [0.4, 0.5) is 10.1 Å². The second kappa shape index (κ2) is 4.62. The highest BCUT2D eigenvalue weighted by Crippen LogP contribution is 2.20. The zero-order chi connectivity index (χ0) is 10.7. The molecule has 1 aromatic carbocycles. The molecule has 1 aromatic rings. The van der Waals surface area contributed by atoms with Gasteiger partial charge in [-0.1, -0.05) is 6.07 Å². The van der Waals surface area contributed by atoms with Crippen LogP contribution in [0, 0.1) is 5.82 Å². The van der Waals surface area contributed by atoms with Crippen LogP contribution in [0.1, 0.15) is 12.8 Å². The summed E-state index contributed by atoms with van der Waals surface area (Å²) < 4.78 is 13.0. The van der Waals surface area contributed by atoms with Crippen molar-refractivity contribution in [3.05, 3.63) is 30.1 Å². The number of rotatable bonds is 2. The Bertz CT molecular complexity index is 321. The van der Waals surface area contributed by atoms with Crippen molar-refractivity contribution in [3.63, 3.8) is 0 Å². The molecule has 0 aliphatic carbocycles. The molecule has 0 unspecified atom stereocenters. The molecule has 1 fully saturated rings. The number of benzene rings is 1. The van der Waals surface area contributed by atoms with Gasteiger partial charge in [0.1, 0.15) is 5.82 Å². The fourth-order valence-electron chi connectivity index (χ4n) is 2.03. The maximum Gasteiger partial charge on any atom is 0.125 e. The van der Waals surface area contributed by atoms with Gasteiger partial charge < -0.3 is 4.90 Å². The Kier molecular flexibility index (Phi) is 3.21. The van der Waals surface area contributed by atoms with Gasteiger partial charge in [-0.15, -0.1) is 0 Å². The summed E-state index contributed by atoms with van der Waals surface area (Å²) >= 11 is 0. The summed E-state index contributed by atoms with van der Waals surface area (Å²) in [6.07, 6.45) is 2.15. The smallest absolute Gasteiger partial charge is 0.125 e. The van der Waals surface area contributed by atoms with Crippen LogP contribution in [0.25, 0.3) is 0 Å². The minimum atomic E-state index is -0.167. The molecule has 0 aromatic heterocycles. The van der Waals surface area contributed by atoms with Crippen molar-refractivity contribution in [2.24, 2.45) is 0 Å². The topological polar surface area (TPSA) is 17.3 Å². The SMILES string of the molecule is CN(c1cccc(F)c1)C1CC[N]CC1. The van der Waals surface area contributed by atoms with Crippen molar-refractivity contribution in [3.8, 4) is 0 Å². The Labute approximate surface area is 90.1 Å². The average Bonchev–Trinajstić information content (AvgIpc) is 2.29. The Hall–Kier alpha value is -1.09. The lowest BCUT2D eigenvalue weighted by Gasteiger charge is -2.32. The molecule has 1 heterocycles. The fraction of sp³-hybridized carbons (Fsp3) is 0.500. The molecule has 2 rings (SSSR count). The summed E-state index contributed by atoms with van der Waals surface area (Å²) in [5.74, 6) is -0.167. The number of hydrogen-bond donors (Lipinski definition) is 0. The van der Waals surface area contributed by atoms with Crippen molar-refractivity contribution in [1.82, 2.24) is 5.32 Å². The second-order valence-electron chi connectivity index (χ2n) is 3.99. The normalized spacial score (nSPS) is 17.7. The van der Waals surface area contributed by atoms with Gasteiger partial charge in [-0.25, -0.2) is 9.71 Å². The molecule has 0 saturated carbocycles. The molecular weight excluding hydrogens is 191 g/mol. The van der Waals surface area contributed by atoms with Crippen LogP contribution >= 0.6 is 0 Å². The van der Waals surface area contributed by atoms with Crippen molar-refractivity contribution < 1.29 is 4.39 Å². The lowest BCUT2D eigenvalue weighted by Crippen LogP contribution is -2.38. The third kappa shape index (κ3) is 2.48. The lowest BCUT2D eigenvalue weighted by atomic mass is 10.0. The molecular formula is C12H16FN2. The first-order valence-corrected chi connectivity index (χ1v) is 5.39. The number of anilines is 1. The number of hydrogen-bond acceptors (Lipinski definition) is 1. The molecule has 0 N–H and O–H groups in total. The van der Waals surface area contributed by atoms with Gasteiger partial charge in [0.05, 0.1) is 0 Å². The zero-order valence-corrected chi connectivity index (χ0v) is 8.99. The van der Waals surface area contributed by atoms with Crippen LogP contribution in [-0.2, 0) is 0 Å². The Balaban J connectivity index is 2.08. The van der Waals surface area contributed by atoms with E-state index in [1.54, 1.807) is 12.1 Å². The molecule has 0 spiro atoms. The maximum absolute atomic E-state index is 13.0. The van der Waals surface area contributed by atoms with E-state index in [9.17, 15) is 4.39 Å². The molecule has 1 saturated heterocycles. The van der Waals surface area contributed by atoms with Gasteiger partial charge >= 0.3 is 0 Å². The molecule has 0 bridgehead atoms. The van der Waals surface area contributed by atoms with Crippen LogP contribution in [0.2, 0.25) is 0 Å². The van der Waals surface area contributed by atoms with Gasteiger partial charge in [0.2, 0.25) is 0 Å². The van der Waals surface area contributed by atoms with Crippen LogP contribution in [0.15, 0.2) is 24.3 Å². The van der Waals surface area contributed by atoms with Crippen LogP contribution in [-0.4, -0.2) is 26.2 Å². The van der Waals surface area contributed by atoms with E-state index in [1.807, 2.05) is 13.1 Å².